The number of benzene rings is 1. The van der Waals surface area contributed by atoms with E-state index in [1.54, 1.807) is 0 Å². The Hall–Kier alpha value is -2.28. The summed E-state index contributed by atoms with van der Waals surface area (Å²) < 4.78 is 0. The first-order chi connectivity index (χ1) is 9.99. The summed E-state index contributed by atoms with van der Waals surface area (Å²) in [7, 11) is 0. The third-order valence-corrected chi connectivity index (χ3v) is 3.20. The van der Waals surface area contributed by atoms with Gasteiger partial charge in [-0.3, -0.25) is 4.79 Å². The second kappa shape index (κ2) is 8.11. The topological polar surface area (TPSA) is 64.9 Å². The number of carbonyl (C=O) groups excluding carboxylic acids is 1. The van der Waals surface area contributed by atoms with Gasteiger partial charge in [-0.15, -0.1) is 0 Å². The molecule has 0 saturated heterocycles. The first-order valence-electron chi connectivity index (χ1n) is 7.22. The molecule has 0 aromatic heterocycles. The Bertz CT molecular complexity index is 559. The van der Waals surface area contributed by atoms with Crippen LogP contribution in [0.2, 0.25) is 0 Å². The molecule has 1 aromatic carbocycles. The van der Waals surface area contributed by atoms with Crippen molar-refractivity contribution in [3.8, 4) is 6.07 Å². The van der Waals surface area contributed by atoms with Crippen molar-refractivity contribution in [2.75, 3.05) is 11.9 Å². The fourth-order valence-electron chi connectivity index (χ4n) is 2.16. The van der Waals surface area contributed by atoms with Crippen LogP contribution in [0.5, 0.6) is 0 Å². The fraction of sp³-hybridized carbons (Fsp3) is 0.412. The lowest BCUT2D eigenvalue weighted by Gasteiger charge is -2.12. The van der Waals surface area contributed by atoms with Crippen LogP contribution in [0, 0.1) is 32.1 Å². The number of nitriles is 1. The highest BCUT2D eigenvalue weighted by Crippen LogP contribution is 2.22. The van der Waals surface area contributed by atoms with Crippen LogP contribution in [0.3, 0.4) is 0 Å². The fourth-order valence-corrected chi connectivity index (χ4v) is 2.16. The first kappa shape index (κ1) is 16.8. The molecule has 4 nitrogen and oxygen atoms in total. The molecule has 0 saturated carbocycles. The van der Waals surface area contributed by atoms with Crippen LogP contribution >= 0.6 is 0 Å². The molecule has 2 N–H and O–H groups in total. The van der Waals surface area contributed by atoms with Crippen LogP contribution in [0.25, 0.3) is 0 Å². The zero-order valence-electron chi connectivity index (χ0n) is 13.2. The van der Waals surface area contributed by atoms with Gasteiger partial charge in [-0.05, 0) is 38.3 Å². The van der Waals surface area contributed by atoms with Crippen molar-refractivity contribution >= 4 is 11.6 Å². The number of aryl methyl sites for hydroxylation is 3. The number of carbonyl (C=O) groups is 1. The van der Waals surface area contributed by atoms with Crippen LogP contribution in [-0.4, -0.2) is 12.5 Å². The van der Waals surface area contributed by atoms with Gasteiger partial charge in [0.05, 0.1) is 0 Å². The van der Waals surface area contributed by atoms with E-state index in [1.165, 1.54) is 6.20 Å². The van der Waals surface area contributed by atoms with Crippen LogP contribution in [0.1, 0.15) is 36.5 Å². The summed E-state index contributed by atoms with van der Waals surface area (Å²) in [6.07, 6.45) is 3.56. The Labute approximate surface area is 126 Å². The minimum atomic E-state index is -0.378. The number of nitrogens with one attached hydrogen (secondary N) is 2. The van der Waals surface area contributed by atoms with E-state index >= 15 is 0 Å². The number of nitrogens with zero attached hydrogens (tertiary/aromatic N) is 1. The molecule has 0 heterocycles. The normalized spacial score (nSPS) is 10.9. The molecule has 4 heteroatoms. The summed E-state index contributed by atoms with van der Waals surface area (Å²) in [6, 6.07) is 5.96. The van der Waals surface area contributed by atoms with Crippen LogP contribution in [-0.2, 0) is 4.79 Å². The van der Waals surface area contributed by atoms with Crippen molar-refractivity contribution in [3.63, 3.8) is 0 Å². The predicted octanol–water partition coefficient (Wildman–Crippen LogP) is 3.35. The standard InChI is InChI=1S/C17H23N3O/c1-5-6-7-19-11-15(10-18)17(21)20-16-13(3)8-12(2)9-14(16)4/h8-9,11,19H,5-7H2,1-4H3,(H,20,21)/b15-11-. The second-order valence-electron chi connectivity index (χ2n) is 5.21. The van der Waals surface area contributed by atoms with Crippen molar-refractivity contribution in [2.45, 2.75) is 40.5 Å². The molecule has 112 valence electrons. The van der Waals surface area contributed by atoms with Crippen LogP contribution < -0.4 is 10.6 Å². The molecule has 0 aliphatic carbocycles. The van der Waals surface area contributed by atoms with Crippen molar-refractivity contribution in [2.24, 2.45) is 0 Å². The van der Waals surface area contributed by atoms with E-state index in [4.69, 9.17) is 5.26 Å². The molecule has 21 heavy (non-hydrogen) atoms. The Morgan fingerprint density at radius 1 is 1.29 bits per heavy atom. The highest BCUT2D eigenvalue weighted by Gasteiger charge is 2.12. The first-order valence-corrected chi connectivity index (χ1v) is 7.22. The van der Waals surface area contributed by atoms with E-state index in [-0.39, 0.29) is 11.5 Å². The van der Waals surface area contributed by atoms with Gasteiger partial charge in [-0.1, -0.05) is 31.0 Å². The van der Waals surface area contributed by atoms with Gasteiger partial charge < -0.3 is 10.6 Å². The quantitative estimate of drug-likeness (QED) is 0.478. The average Bonchev–Trinajstić information content (AvgIpc) is 2.42. The molecule has 0 radical (unpaired) electrons. The lowest BCUT2D eigenvalue weighted by molar-refractivity contribution is -0.112. The third kappa shape index (κ3) is 4.96. The molecule has 0 unspecified atom stereocenters. The smallest absolute Gasteiger partial charge is 0.267 e. The SMILES string of the molecule is CCCCN/C=C(/C#N)C(=O)Nc1c(C)cc(C)cc1C. The molecule has 0 atom stereocenters. The minimum absolute atomic E-state index is 0.0884. The van der Waals surface area contributed by atoms with Gasteiger partial charge in [-0.2, -0.15) is 5.26 Å². The van der Waals surface area contributed by atoms with Gasteiger partial charge in [0.2, 0.25) is 0 Å². The summed E-state index contributed by atoms with van der Waals surface area (Å²) in [5, 5.41) is 14.9. The van der Waals surface area contributed by atoms with E-state index in [2.05, 4.69) is 17.6 Å². The number of hydrogen-bond acceptors (Lipinski definition) is 3. The summed E-state index contributed by atoms with van der Waals surface area (Å²) in [5.74, 6) is -0.378. The average molecular weight is 285 g/mol. The van der Waals surface area contributed by atoms with Gasteiger partial charge >= 0.3 is 0 Å². The largest absolute Gasteiger partial charge is 0.390 e. The van der Waals surface area contributed by atoms with Gasteiger partial charge in [0, 0.05) is 18.4 Å². The van der Waals surface area contributed by atoms with Gasteiger partial charge in [0.15, 0.2) is 0 Å². The minimum Gasteiger partial charge on any atom is -0.390 e. The van der Waals surface area contributed by atoms with Crippen LogP contribution in [0.15, 0.2) is 23.9 Å². The molecular formula is C17H23N3O. The highest BCUT2D eigenvalue weighted by molar-refractivity contribution is 6.07. The van der Waals surface area contributed by atoms with Crippen molar-refractivity contribution in [1.29, 1.82) is 5.26 Å². The van der Waals surface area contributed by atoms with Crippen LogP contribution in [0.4, 0.5) is 5.69 Å². The molecule has 0 spiro atoms. The maximum absolute atomic E-state index is 12.2. The summed E-state index contributed by atoms with van der Waals surface area (Å²) in [5.41, 5.74) is 4.01. The van der Waals surface area contributed by atoms with E-state index in [0.717, 1.165) is 41.8 Å². The summed E-state index contributed by atoms with van der Waals surface area (Å²) in [6.45, 7) is 8.77. The van der Waals surface area contributed by atoms with E-state index in [0.29, 0.717) is 0 Å². The van der Waals surface area contributed by atoms with E-state index < -0.39 is 0 Å². The molecule has 0 aliphatic heterocycles. The molecule has 0 aliphatic rings. The van der Waals surface area contributed by atoms with Crippen molar-refractivity contribution < 1.29 is 4.79 Å². The second-order valence-corrected chi connectivity index (χ2v) is 5.21. The Balaban J connectivity index is 2.82. The number of anilines is 1. The Kier molecular flexibility index (Phi) is 6.48. The molecule has 1 rings (SSSR count). The van der Waals surface area contributed by atoms with Gasteiger partial charge in [-0.25, -0.2) is 0 Å². The molecule has 0 fully saturated rings. The van der Waals surface area contributed by atoms with Gasteiger partial charge in [0.25, 0.3) is 5.91 Å². The van der Waals surface area contributed by atoms with Crippen molar-refractivity contribution in [1.82, 2.24) is 5.32 Å². The number of unbranched alkanes of at least 4 members (excludes halogenated alkanes) is 1. The molecular weight excluding hydrogens is 262 g/mol. The Morgan fingerprint density at radius 3 is 2.43 bits per heavy atom. The number of hydrogen-bond donors (Lipinski definition) is 2. The third-order valence-electron chi connectivity index (χ3n) is 3.20. The monoisotopic (exact) mass is 285 g/mol. The van der Waals surface area contributed by atoms with E-state index in [9.17, 15) is 4.79 Å². The van der Waals surface area contributed by atoms with Crippen molar-refractivity contribution in [3.05, 3.63) is 40.6 Å². The highest BCUT2D eigenvalue weighted by atomic mass is 16.1. The Morgan fingerprint density at radius 2 is 1.90 bits per heavy atom. The maximum Gasteiger partial charge on any atom is 0.267 e. The zero-order chi connectivity index (χ0) is 15.8. The summed E-state index contributed by atoms with van der Waals surface area (Å²) in [4.78, 5) is 12.2. The molecule has 0 bridgehead atoms. The lowest BCUT2D eigenvalue weighted by atomic mass is 10.0. The maximum atomic E-state index is 12.2. The predicted molar refractivity (Wildman–Crippen MR) is 85.9 cm³/mol. The van der Waals surface area contributed by atoms with Gasteiger partial charge in [0.1, 0.15) is 11.6 Å². The molecule has 1 amide bonds. The number of amides is 1. The lowest BCUT2D eigenvalue weighted by Crippen LogP contribution is -2.18. The zero-order valence-corrected chi connectivity index (χ0v) is 13.2. The number of rotatable bonds is 6. The summed E-state index contributed by atoms with van der Waals surface area (Å²) >= 11 is 0. The van der Waals surface area contributed by atoms with E-state index in [1.807, 2.05) is 39.0 Å². The molecule has 1 aromatic rings.